The highest BCUT2D eigenvalue weighted by molar-refractivity contribution is 8.18. The van der Waals surface area contributed by atoms with Gasteiger partial charge in [-0.2, -0.15) is 10.2 Å². The minimum absolute atomic E-state index is 0.123. The van der Waals surface area contributed by atoms with Gasteiger partial charge in [-0.25, -0.2) is 9.48 Å². The summed E-state index contributed by atoms with van der Waals surface area (Å²) in [5.74, 6) is -0.0848. The largest absolute Gasteiger partial charge is 0.497 e. The van der Waals surface area contributed by atoms with E-state index in [0.717, 1.165) is 17.0 Å². The fourth-order valence-electron chi connectivity index (χ4n) is 3.02. The van der Waals surface area contributed by atoms with E-state index in [0.29, 0.717) is 15.6 Å². The van der Waals surface area contributed by atoms with Crippen molar-refractivity contribution in [1.82, 2.24) is 15.1 Å². The van der Waals surface area contributed by atoms with Crippen LogP contribution < -0.4 is 10.1 Å². The van der Waals surface area contributed by atoms with E-state index in [-0.39, 0.29) is 18.2 Å². The van der Waals surface area contributed by atoms with Crippen LogP contribution in [0.4, 0.5) is 0 Å². The first-order chi connectivity index (χ1) is 16.6. The molecule has 0 radical (unpaired) electrons. The van der Waals surface area contributed by atoms with Crippen molar-refractivity contribution in [2.45, 2.75) is 6.92 Å². The van der Waals surface area contributed by atoms with Crippen molar-refractivity contribution < 1.29 is 19.1 Å². The molecule has 0 unspecified atom stereocenters. The van der Waals surface area contributed by atoms with Gasteiger partial charge >= 0.3 is 5.97 Å². The zero-order valence-corrected chi connectivity index (χ0v) is 19.3. The maximum absolute atomic E-state index is 12.4. The Bertz CT molecular complexity index is 1280. The van der Waals surface area contributed by atoms with Crippen LogP contribution in [0.25, 0.3) is 11.8 Å². The van der Waals surface area contributed by atoms with Gasteiger partial charge in [-0.1, -0.05) is 30.3 Å². The third-order valence-electron chi connectivity index (χ3n) is 4.64. The van der Waals surface area contributed by atoms with Crippen molar-refractivity contribution in [2.75, 3.05) is 13.7 Å². The molecule has 4 rings (SSSR count). The molecule has 0 atom stereocenters. The van der Waals surface area contributed by atoms with E-state index < -0.39 is 5.97 Å². The summed E-state index contributed by atoms with van der Waals surface area (Å²) in [4.78, 5) is 25.1. The second kappa shape index (κ2) is 10.6. The summed E-state index contributed by atoms with van der Waals surface area (Å²) in [6.45, 7) is 1.95. The third-order valence-corrected chi connectivity index (χ3v) is 5.54. The molecule has 0 spiro atoms. The molecule has 34 heavy (non-hydrogen) atoms. The van der Waals surface area contributed by atoms with E-state index in [9.17, 15) is 9.59 Å². The highest BCUT2D eigenvalue weighted by Crippen LogP contribution is 2.26. The normalized spacial score (nSPS) is 15.8. The van der Waals surface area contributed by atoms with E-state index in [4.69, 9.17) is 9.47 Å². The number of benzene rings is 2. The summed E-state index contributed by atoms with van der Waals surface area (Å²) in [7, 11) is 1.60. The smallest absolute Gasteiger partial charge is 0.359 e. The summed E-state index contributed by atoms with van der Waals surface area (Å²) in [5.41, 5.74) is 2.20. The van der Waals surface area contributed by atoms with Gasteiger partial charge in [0.15, 0.2) is 10.9 Å². The molecule has 0 saturated carbocycles. The van der Waals surface area contributed by atoms with Crippen LogP contribution in [0.3, 0.4) is 0 Å². The van der Waals surface area contributed by atoms with Gasteiger partial charge in [0.25, 0.3) is 5.91 Å². The Balaban J connectivity index is 1.53. The van der Waals surface area contributed by atoms with Gasteiger partial charge in [0, 0.05) is 11.8 Å². The quantitative estimate of drug-likeness (QED) is 0.242. The number of aromatic nitrogens is 2. The van der Waals surface area contributed by atoms with Crippen LogP contribution in [0.5, 0.6) is 5.75 Å². The van der Waals surface area contributed by atoms with Gasteiger partial charge in [0.2, 0.25) is 0 Å². The minimum atomic E-state index is -0.556. The van der Waals surface area contributed by atoms with Crippen molar-refractivity contribution in [2.24, 2.45) is 10.2 Å². The monoisotopic (exact) mass is 475 g/mol. The summed E-state index contributed by atoms with van der Waals surface area (Å²) in [5, 5.41) is 15.5. The molecule has 10 heteroatoms. The number of ether oxygens (including phenoxy) is 2. The Labute approximate surface area is 200 Å². The first kappa shape index (κ1) is 23.0. The van der Waals surface area contributed by atoms with E-state index in [1.54, 1.807) is 31.0 Å². The number of carbonyl (C=O) groups excluding carboxylic acids is 2. The Kier molecular flexibility index (Phi) is 7.19. The summed E-state index contributed by atoms with van der Waals surface area (Å²) < 4.78 is 11.8. The van der Waals surface area contributed by atoms with Gasteiger partial charge in [-0.15, -0.1) is 5.10 Å². The molecule has 1 aliphatic rings. The number of carbonyl (C=O) groups is 2. The Morgan fingerprint density at radius 2 is 1.94 bits per heavy atom. The van der Waals surface area contributed by atoms with Crippen molar-refractivity contribution in [1.29, 1.82) is 0 Å². The number of thioether (sulfide) groups is 1. The lowest BCUT2D eigenvalue weighted by Crippen LogP contribution is -2.19. The zero-order chi connectivity index (χ0) is 23.9. The molecule has 0 aliphatic carbocycles. The number of nitrogens with one attached hydrogen (secondary N) is 1. The van der Waals surface area contributed by atoms with E-state index in [2.05, 4.69) is 20.6 Å². The number of hydrogen-bond donors (Lipinski definition) is 1. The first-order valence-corrected chi connectivity index (χ1v) is 11.2. The number of rotatable bonds is 7. The van der Waals surface area contributed by atoms with Gasteiger partial charge in [0.1, 0.15) is 5.75 Å². The molecule has 3 aromatic rings. The molecule has 1 fully saturated rings. The van der Waals surface area contributed by atoms with Gasteiger partial charge < -0.3 is 9.47 Å². The molecule has 1 saturated heterocycles. The van der Waals surface area contributed by atoms with Crippen LogP contribution >= 0.6 is 11.8 Å². The lowest BCUT2D eigenvalue weighted by atomic mass is 10.2. The van der Waals surface area contributed by atoms with Crippen LogP contribution in [-0.2, 0) is 9.53 Å². The molecule has 1 aliphatic heterocycles. The predicted octanol–water partition coefficient (Wildman–Crippen LogP) is 3.65. The Hall–Kier alpha value is -4.18. The van der Waals surface area contributed by atoms with E-state index >= 15 is 0 Å². The van der Waals surface area contributed by atoms with Gasteiger partial charge in [-0.05, 0) is 54.6 Å². The number of hydrogen-bond acceptors (Lipinski definition) is 8. The maximum Gasteiger partial charge on any atom is 0.359 e. The summed E-state index contributed by atoms with van der Waals surface area (Å²) in [6.07, 6.45) is 4.83. The summed E-state index contributed by atoms with van der Waals surface area (Å²) in [6, 6.07) is 16.7. The molecular weight excluding hydrogens is 454 g/mol. The fraction of sp³-hybridized carbons (Fsp3) is 0.125. The topological polar surface area (TPSA) is 107 Å². The van der Waals surface area contributed by atoms with Crippen LogP contribution in [0.1, 0.15) is 28.5 Å². The first-order valence-electron chi connectivity index (χ1n) is 10.4. The number of amidine groups is 1. The zero-order valence-electron chi connectivity index (χ0n) is 18.5. The van der Waals surface area contributed by atoms with Gasteiger partial charge in [-0.3, -0.25) is 10.1 Å². The van der Waals surface area contributed by atoms with E-state index in [1.807, 2.05) is 54.6 Å². The Morgan fingerprint density at radius 1 is 1.18 bits per heavy atom. The molecule has 0 bridgehead atoms. The molecule has 1 aromatic heterocycles. The van der Waals surface area contributed by atoms with Crippen LogP contribution in [0.15, 0.2) is 75.9 Å². The summed E-state index contributed by atoms with van der Waals surface area (Å²) >= 11 is 1.17. The average Bonchev–Trinajstić information content (AvgIpc) is 3.44. The van der Waals surface area contributed by atoms with Crippen molar-refractivity contribution in [3.63, 3.8) is 0 Å². The fourth-order valence-corrected chi connectivity index (χ4v) is 3.80. The molecule has 9 nitrogen and oxygen atoms in total. The number of esters is 1. The lowest BCUT2D eigenvalue weighted by molar-refractivity contribution is -0.115. The molecule has 172 valence electrons. The van der Waals surface area contributed by atoms with Crippen molar-refractivity contribution in [3.05, 3.63) is 82.5 Å². The van der Waals surface area contributed by atoms with Crippen LogP contribution in [0, 0.1) is 0 Å². The van der Waals surface area contributed by atoms with Gasteiger partial charge in [0.05, 0.1) is 30.5 Å². The second-order valence-electron chi connectivity index (χ2n) is 6.92. The van der Waals surface area contributed by atoms with E-state index in [1.165, 1.54) is 18.0 Å². The number of methoxy groups -OCH3 is 1. The SMILES string of the molecule is CCOC(=O)c1nn(-c2ccccc2)cc1/C=N\N=C1\NC(=O)/C(=C/c2ccc(OC)cc2)S1. The molecule has 1 amide bonds. The van der Waals surface area contributed by atoms with Crippen LogP contribution in [-0.4, -0.2) is 46.8 Å². The average molecular weight is 476 g/mol. The molecule has 2 heterocycles. The number of nitrogens with zero attached hydrogens (tertiary/aromatic N) is 4. The highest BCUT2D eigenvalue weighted by Gasteiger charge is 2.24. The highest BCUT2D eigenvalue weighted by atomic mass is 32.2. The Morgan fingerprint density at radius 3 is 2.65 bits per heavy atom. The third kappa shape index (κ3) is 5.41. The number of amides is 1. The minimum Gasteiger partial charge on any atom is -0.497 e. The number of para-hydroxylation sites is 1. The molecule has 2 aromatic carbocycles. The lowest BCUT2D eigenvalue weighted by Gasteiger charge is -2.00. The standard InChI is InChI=1S/C24H21N5O4S/c1-3-33-23(31)21-17(15-29(28-21)18-7-5-4-6-8-18)14-25-27-24-26-22(30)20(34-24)13-16-9-11-19(32-2)12-10-16/h4-15H,3H2,1-2H3,(H,26,27,30)/b20-13-,25-14-. The van der Waals surface area contributed by atoms with Crippen LogP contribution in [0.2, 0.25) is 0 Å². The predicted molar refractivity (Wildman–Crippen MR) is 131 cm³/mol. The molecular formula is C24H21N5O4S. The van der Waals surface area contributed by atoms with Crippen molar-refractivity contribution in [3.8, 4) is 11.4 Å². The maximum atomic E-state index is 12.4. The van der Waals surface area contributed by atoms with Crippen molar-refractivity contribution >= 4 is 41.1 Å². The second-order valence-corrected chi connectivity index (χ2v) is 7.95. The molecule has 1 N–H and O–H groups in total.